The maximum atomic E-state index is 14.1. The van der Waals surface area contributed by atoms with Crippen molar-refractivity contribution >= 4 is 29.5 Å². The van der Waals surface area contributed by atoms with Crippen molar-refractivity contribution in [1.29, 1.82) is 0 Å². The summed E-state index contributed by atoms with van der Waals surface area (Å²) < 4.78 is 0. The van der Waals surface area contributed by atoms with E-state index >= 15 is 0 Å². The Hall–Kier alpha value is -2.65. The number of Topliss-reactive ketones (excluding diaryl/α,β-unsaturated/α-hetero) is 1. The number of nitrogens with one attached hydrogen (secondary N) is 3. The molecule has 5 atom stereocenters. The number of piperidine rings is 1. The molecule has 10 nitrogen and oxygen atoms in total. The predicted octanol–water partition coefficient (Wildman–Crippen LogP) is 2.64. The van der Waals surface area contributed by atoms with Crippen molar-refractivity contribution in [1.82, 2.24) is 20.9 Å². The molecule has 3 aliphatic carbocycles. The van der Waals surface area contributed by atoms with Gasteiger partial charge in [0.1, 0.15) is 12.1 Å². The van der Waals surface area contributed by atoms with Gasteiger partial charge in [0.15, 0.2) is 0 Å². The molecule has 0 aromatic heterocycles. The summed E-state index contributed by atoms with van der Waals surface area (Å²) in [4.78, 5) is 67.0. The Morgan fingerprint density at radius 3 is 2.10 bits per heavy atom. The molecule has 3 saturated carbocycles. The van der Waals surface area contributed by atoms with E-state index in [0.717, 1.165) is 51.4 Å². The van der Waals surface area contributed by atoms with Crippen LogP contribution in [0, 0.1) is 28.6 Å². The number of urea groups is 1. The normalized spacial score (nSPS) is 28.4. The molecular formula is C30H49N5O5. The lowest BCUT2D eigenvalue weighted by molar-refractivity contribution is -0.145. The molecule has 4 aliphatic rings. The van der Waals surface area contributed by atoms with E-state index in [0.29, 0.717) is 13.0 Å². The van der Waals surface area contributed by atoms with E-state index in [1.54, 1.807) is 4.90 Å². The SMILES string of the molecule is CC1(NC(=O)N[C@H](C(=O)N2CC3[C@@H]([C@H]2C(=O)NC(CC2CCC2)C(=O)C(N)=O)C3(C)C)C(C)(C)C)CCCCC1. The van der Waals surface area contributed by atoms with Gasteiger partial charge in [0, 0.05) is 12.1 Å². The van der Waals surface area contributed by atoms with Crippen LogP contribution >= 0.6 is 0 Å². The number of nitrogens with zero attached hydrogens (tertiary/aromatic N) is 1. The topological polar surface area (TPSA) is 151 Å². The largest absolute Gasteiger partial charge is 0.363 e. The summed E-state index contributed by atoms with van der Waals surface area (Å²) in [5.74, 6) is -2.28. The lowest BCUT2D eigenvalue weighted by atomic mass is 9.80. The monoisotopic (exact) mass is 559 g/mol. The second-order valence-electron chi connectivity index (χ2n) is 14.7. The van der Waals surface area contributed by atoms with Gasteiger partial charge in [-0.05, 0) is 54.8 Å². The first-order chi connectivity index (χ1) is 18.5. The molecule has 2 unspecified atom stereocenters. The van der Waals surface area contributed by atoms with Crippen molar-refractivity contribution < 1.29 is 24.0 Å². The van der Waals surface area contributed by atoms with E-state index in [1.165, 1.54) is 0 Å². The van der Waals surface area contributed by atoms with Gasteiger partial charge in [-0.3, -0.25) is 19.2 Å². The number of amides is 5. The maximum absolute atomic E-state index is 14.1. The van der Waals surface area contributed by atoms with Gasteiger partial charge in [0.2, 0.25) is 17.6 Å². The summed E-state index contributed by atoms with van der Waals surface area (Å²) in [5.41, 5.74) is 4.27. The summed E-state index contributed by atoms with van der Waals surface area (Å²) in [6.45, 7) is 12.3. The van der Waals surface area contributed by atoms with Crippen LogP contribution in [0.1, 0.15) is 99.3 Å². The fourth-order valence-corrected chi connectivity index (χ4v) is 7.25. The number of hydrogen-bond acceptors (Lipinski definition) is 5. The average molecular weight is 560 g/mol. The first kappa shape index (κ1) is 30.3. The highest BCUT2D eigenvalue weighted by Crippen LogP contribution is 2.65. The maximum Gasteiger partial charge on any atom is 0.315 e. The fraction of sp³-hybridized carbons (Fsp3) is 0.833. The number of carbonyl (C=O) groups is 5. The smallest absolute Gasteiger partial charge is 0.315 e. The van der Waals surface area contributed by atoms with Gasteiger partial charge in [-0.1, -0.05) is 73.1 Å². The molecule has 0 radical (unpaired) electrons. The number of primary amides is 1. The second kappa shape index (κ2) is 11.0. The predicted molar refractivity (Wildman–Crippen MR) is 151 cm³/mol. The number of nitrogens with two attached hydrogens (primary N) is 1. The van der Waals surface area contributed by atoms with Crippen LogP contribution in [-0.4, -0.2) is 64.6 Å². The zero-order chi connectivity index (χ0) is 29.6. The average Bonchev–Trinajstić information content (AvgIpc) is 3.14. The molecule has 4 rings (SSSR count). The molecule has 0 bridgehead atoms. The molecule has 5 N–H and O–H groups in total. The molecule has 4 fully saturated rings. The molecule has 1 aliphatic heterocycles. The minimum absolute atomic E-state index is 0.0694. The first-order valence-electron chi connectivity index (χ1n) is 15.1. The lowest BCUT2D eigenvalue weighted by Crippen LogP contribution is -2.62. The van der Waals surface area contributed by atoms with Gasteiger partial charge in [-0.2, -0.15) is 0 Å². The Labute approximate surface area is 238 Å². The van der Waals surface area contributed by atoms with Gasteiger partial charge in [0.25, 0.3) is 5.91 Å². The van der Waals surface area contributed by atoms with E-state index in [9.17, 15) is 24.0 Å². The quantitative estimate of drug-likeness (QED) is 0.320. The summed E-state index contributed by atoms with van der Waals surface area (Å²) in [6, 6.07) is -3.01. The number of likely N-dealkylation sites (tertiary alicyclic amines) is 1. The number of hydrogen-bond donors (Lipinski definition) is 4. The highest BCUT2D eigenvalue weighted by Gasteiger charge is 2.70. The summed E-state index contributed by atoms with van der Waals surface area (Å²) in [5, 5.41) is 8.86. The van der Waals surface area contributed by atoms with E-state index in [2.05, 4.69) is 29.8 Å². The standard InChI is InChI=1S/C30H49N5O5/c1-28(2,3)23(33-27(40)34-30(6)13-8-7-9-14-30)26(39)35-16-18-20(29(18,4)5)21(35)25(38)32-19(22(36)24(31)37)15-17-11-10-12-17/h17-21,23H,7-16H2,1-6H3,(H2,31,37)(H,32,38)(H2,33,34,40)/t18?,19?,20-,21-,23+/m0/s1. The highest BCUT2D eigenvalue weighted by molar-refractivity contribution is 6.37. The van der Waals surface area contributed by atoms with Gasteiger partial charge >= 0.3 is 6.03 Å². The third-order valence-electron chi connectivity index (χ3n) is 10.2. The molecule has 0 aromatic rings. The Bertz CT molecular complexity index is 1040. The first-order valence-corrected chi connectivity index (χ1v) is 15.1. The Balaban J connectivity index is 1.52. The van der Waals surface area contributed by atoms with Crippen LogP contribution in [0.2, 0.25) is 0 Å². The van der Waals surface area contributed by atoms with Crippen LogP contribution in [0.3, 0.4) is 0 Å². The van der Waals surface area contributed by atoms with Crippen molar-refractivity contribution in [3.8, 4) is 0 Å². The minimum Gasteiger partial charge on any atom is -0.363 e. The molecule has 224 valence electrons. The molecule has 5 amide bonds. The van der Waals surface area contributed by atoms with Crippen molar-refractivity contribution in [2.75, 3.05) is 6.54 Å². The summed E-state index contributed by atoms with van der Waals surface area (Å²) >= 11 is 0. The molecule has 1 heterocycles. The van der Waals surface area contributed by atoms with Crippen LogP contribution < -0.4 is 21.7 Å². The third kappa shape index (κ3) is 6.15. The van der Waals surface area contributed by atoms with Gasteiger partial charge in [-0.25, -0.2) is 4.79 Å². The Morgan fingerprint density at radius 2 is 1.57 bits per heavy atom. The summed E-state index contributed by atoms with van der Waals surface area (Å²) in [6.07, 6.45) is 8.40. The van der Waals surface area contributed by atoms with Gasteiger partial charge < -0.3 is 26.6 Å². The number of rotatable bonds is 9. The molecule has 1 saturated heterocycles. The molecule has 10 heteroatoms. The van der Waals surface area contributed by atoms with Crippen LogP contribution in [0.4, 0.5) is 4.79 Å². The van der Waals surface area contributed by atoms with E-state index in [-0.39, 0.29) is 40.6 Å². The fourth-order valence-electron chi connectivity index (χ4n) is 7.25. The van der Waals surface area contributed by atoms with Crippen LogP contribution in [-0.2, 0) is 19.2 Å². The highest BCUT2D eigenvalue weighted by atomic mass is 16.2. The van der Waals surface area contributed by atoms with E-state index in [1.807, 2.05) is 27.7 Å². The van der Waals surface area contributed by atoms with Crippen LogP contribution in [0.5, 0.6) is 0 Å². The number of ketones is 1. The van der Waals surface area contributed by atoms with Crippen molar-refractivity contribution in [2.24, 2.45) is 34.3 Å². The lowest BCUT2D eigenvalue weighted by Gasteiger charge is -2.39. The third-order valence-corrected chi connectivity index (χ3v) is 10.2. The zero-order valence-electron chi connectivity index (χ0n) is 25.1. The summed E-state index contributed by atoms with van der Waals surface area (Å²) in [7, 11) is 0. The van der Waals surface area contributed by atoms with E-state index in [4.69, 9.17) is 5.73 Å². The number of carbonyl (C=O) groups excluding carboxylic acids is 5. The Morgan fingerprint density at radius 1 is 0.950 bits per heavy atom. The van der Waals surface area contributed by atoms with E-state index < -0.39 is 41.1 Å². The number of fused-ring (bicyclic) bond motifs is 1. The molecular weight excluding hydrogens is 510 g/mol. The molecule has 0 aromatic carbocycles. The molecule has 40 heavy (non-hydrogen) atoms. The van der Waals surface area contributed by atoms with Crippen LogP contribution in [0.15, 0.2) is 0 Å². The zero-order valence-corrected chi connectivity index (χ0v) is 25.1. The minimum atomic E-state index is -1.07. The van der Waals surface area contributed by atoms with Gasteiger partial charge in [-0.15, -0.1) is 0 Å². The molecule has 0 spiro atoms. The van der Waals surface area contributed by atoms with Gasteiger partial charge in [0.05, 0.1) is 6.04 Å². The van der Waals surface area contributed by atoms with Crippen LogP contribution in [0.25, 0.3) is 0 Å². The Kier molecular flexibility index (Phi) is 8.31. The van der Waals surface area contributed by atoms with Crippen molar-refractivity contribution in [3.05, 3.63) is 0 Å². The van der Waals surface area contributed by atoms with Crippen molar-refractivity contribution in [2.45, 2.75) is 123 Å². The van der Waals surface area contributed by atoms with Crippen molar-refractivity contribution in [3.63, 3.8) is 0 Å². The second-order valence-corrected chi connectivity index (χ2v) is 14.7.